The summed E-state index contributed by atoms with van der Waals surface area (Å²) in [5, 5.41) is 18.0. The molecule has 0 spiro atoms. The number of hydrogen-bond donors (Lipinski definition) is 1. The van der Waals surface area contributed by atoms with Crippen LogP contribution in [0.2, 0.25) is 0 Å². The zero-order chi connectivity index (χ0) is 6.57. The second-order valence-electron chi connectivity index (χ2n) is 1.32. The number of hydrogen-bond acceptors (Lipinski definition) is 3. The third-order valence-electron chi connectivity index (χ3n) is 0.608. The smallest absolute Gasteiger partial charge is 0.232 e. The Morgan fingerprint density at radius 1 is 2.00 bits per heavy atom. The summed E-state index contributed by atoms with van der Waals surface area (Å²) < 4.78 is 0. The number of rotatable bonds is 3. The molecule has 1 atom stereocenters. The lowest BCUT2D eigenvalue weighted by Gasteiger charge is -1.94. The maximum absolute atomic E-state index is 9.57. The summed E-state index contributed by atoms with van der Waals surface area (Å²) in [4.78, 5) is 8.98. The molecular formula is C4H7NO3. The minimum absolute atomic E-state index is 0.455. The predicted octanol–water partition coefficient (Wildman–Crippen LogP) is -0.190. The van der Waals surface area contributed by atoms with Crippen molar-refractivity contribution in [2.75, 3.05) is 6.54 Å². The average Bonchev–Trinajstić information content (AvgIpc) is 1.65. The van der Waals surface area contributed by atoms with Gasteiger partial charge < -0.3 is 5.11 Å². The van der Waals surface area contributed by atoms with Crippen LogP contribution in [0, 0.1) is 10.1 Å². The Kier molecular flexibility index (Phi) is 2.79. The molecule has 0 aromatic heterocycles. The highest BCUT2D eigenvalue weighted by atomic mass is 16.6. The van der Waals surface area contributed by atoms with Gasteiger partial charge in [-0.25, -0.2) is 0 Å². The van der Waals surface area contributed by atoms with Gasteiger partial charge in [-0.3, -0.25) is 10.1 Å². The van der Waals surface area contributed by atoms with Crippen molar-refractivity contribution in [3.63, 3.8) is 0 Å². The van der Waals surface area contributed by atoms with E-state index < -0.39 is 17.6 Å². The molecule has 0 saturated heterocycles. The van der Waals surface area contributed by atoms with Crippen LogP contribution in [0.3, 0.4) is 0 Å². The van der Waals surface area contributed by atoms with Crippen LogP contribution in [0.25, 0.3) is 0 Å². The summed E-state index contributed by atoms with van der Waals surface area (Å²) in [6.45, 7) is 2.70. The van der Waals surface area contributed by atoms with E-state index in [0.29, 0.717) is 0 Å². The summed E-state index contributed by atoms with van der Waals surface area (Å²) in [7, 11) is 0. The maximum atomic E-state index is 9.57. The Morgan fingerprint density at radius 2 is 2.50 bits per heavy atom. The third kappa shape index (κ3) is 3.30. The van der Waals surface area contributed by atoms with Crippen molar-refractivity contribution in [1.29, 1.82) is 0 Å². The Labute approximate surface area is 46.6 Å². The van der Waals surface area contributed by atoms with Gasteiger partial charge in [-0.1, -0.05) is 6.08 Å². The van der Waals surface area contributed by atoms with Crippen LogP contribution in [0.4, 0.5) is 0 Å². The quantitative estimate of drug-likeness (QED) is 0.316. The van der Waals surface area contributed by atoms with Crippen LogP contribution in [0.15, 0.2) is 12.7 Å². The zero-order valence-corrected chi connectivity index (χ0v) is 4.28. The minimum atomic E-state index is -1.01. The molecule has 0 aliphatic rings. The van der Waals surface area contributed by atoms with E-state index in [2.05, 4.69) is 6.58 Å². The van der Waals surface area contributed by atoms with Crippen molar-refractivity contribution in [1.82, 2.24) is 0 Å². The molecule has 4 nitrogen and oxygen atoms in total. The van der Waals surface area contributed by atoms with E-state index >= 15 is 0 Å². The van der Waals surface area contributed by atoms with E-state index in [9.17, 15) is 10.1 Å². The average molecular weight is 117 g/mol. The molecule has 0 fully saturated rings. The predicted molar refractivity (Wildman–Crippen MR) is 28.1 cm³/mol. The van der Waals surface area contributed by atoms with Crippen molar-refractivity contribution < 1.29 is 10.0 Å². The van der Waals surface area contributed by atoms with Crippen LogP contribution in [0.5, 0.6) is 0 Å². The highest BCUT2D eigenvalue weighted by molar-refractivity contribution is 4.76. The molecule has 0 aliphatic carbocycles. The lowest BCUT2D eigenvalue weighted by atomic mass is 10.4. The summed E-state index contributed by atoms with van der Waals surface area (Å²) in [5.74, 6) is 0. The van der Waals surface area contributed by atoms with Crippen LogP contribution < -0.4 is 0 Å². The fourth-order valence-electron chi connectivity index (χ4n) is 0.227. The lowest BCUT2D eigenvalue weighted by molar-refractivity contribution is -0.487. The lowest BCUT2D eigenvalue weighted by Crippen LogP contribution is -2.15. The van der Waals surface area contributed by atoms with E-state index in [-0.39, 0.29) is 0 Å². The van der Waals surface area contributed by atoms with Crippen molar-refractivity contribution in [2.24, 2.45) is 0 Å². The largest absolute Gasteiger partial charge is 0.382 e. The van der Waals surface area contributed by atoms with Gasteiger partial charge in [0.25, 0.3) is 0 Å². The van der Waals surface area contributed by atoms with Crippen LogP contribution >= 0.6 is 0 Å². The molecule has 0 aromatic rings. The van der Waals surface area contributed by atoms with E-state index in [4.69, 9.17) is 5.11 Å². The molecular weight excluding hydrogens is 110 g/mol. The molecule has 0 bridgehead atoms. The molecule has 1 unspecified atom stereocenters. The second-order valence-corrected chi connectivity index (χ2v) is 1.32. The molecule has 0 aromatic carbocycles. The van der Waals surface area contributed by atoms with Gasteiger partial charge in [0.1, 0.15) is 6.10 Å². The highest BCUT2D eigenvalue weighted by Gasteiger charge is 2.03. The summed E-state index contributed by atoms with van der Waals surface area (Å²) >= 11 is 0. The van der Waals surface area contributed by atoms with Gasteiger partial charge in [0.15, 0.2) is 0 Å². The van der Waals surface area contributed by atoms with E-state index in [0.717, 1.165) is 6.08 Å². The van der Waals surface area contributed by atoms with Gasteiger partial charge in [-0.05, 0) is 0 Å². The molecule has 0 radical (unpaired) electrons. The minimum Gasteiger partial charge on any atom is -0.382 e. The summed E-state index contributed by atoms with van der Waals surface area (Å²) in [6.07, 6.45) is 0.119. The number of aliphatic hydroxyl groups is 1. The van der Waals surface area contributed by atoms with Crippen molar-refractivity contribution in [2.45, 2.75) is 6.10 Å². The second kappa shape index (κ2) is 3.15. The molecule has 0 aliphatic heterocycles. The molecule has 4 heteroatoms. The van der Waals surface area contributed by atoms with E-state index in [1.54, 1.807) is 0 Å². The molecule has 0 heterocycles. The fourth-order valence-corrected chi connectivity index (χ4v) is 0.227. The SMILES string of the molecule is C=CC(O)C[N+](=O)[O-]. The first-order valence-corrected chi connectivity index (χ1v) is 2.09. The fraction of sp³-hybridized carbons (Fsp3) is 0.500. The number of nitro groups is 1. The first kappa shape index (κ1) is 7.10. The number of nitrogens with zero attached hydrogens (tertiary/aromatic N) is 1. The van der Waals surface area contributed by atoms with Crippen molar-refractivity contribution in [3.05, 3.63) is 22.8 Å². The van der Waals surface area contributed by atoms with Crippen LogP contribution in [-0.2, 0) is 0 Å². The highest BCUT2D eigenvalue weighted by Crippen LogP contribution is 1.81. The van der Waals surface area contributed by atoms with Crippen molar-refractivity contribution >= 4 is 0 Å². The maximum Gasteiger partial charge on any atom is 0.232 e. The van der Waals surface area contributed by atoms with Gasteiger partial charge in [0, 0.05) is 4.92 Å². The first-order valence-electron chi connectivity index (χ1n) is 2.09. The normalized spacial score (nSPS) is 12.6. The number of aliphatic hydroxyl groups excluding tert-OH is 1. The van der Waals surface area contributed by atoms with Crippen LogP contribution in [-0.4, -0.2) is 22.7 Å². The van der Waals surface area contributed by atoms with Crippen LogP contribution in [0.1, 0.15) is 0 Å². The van der Waals surface area contributed by atoms with E-state index in [1.165, 1.54) is 0 Å². The topological polar surface area (TPSA) is 63.4 Å². The zero-order valence-electron chi connectivity index (χ0n) is 4.28. The third-order valence-corrected chi connectivity index (χ3v) is 0.608. The van der Waals surface area contributed by atoms with Crippen molar-refractivity contribution in [3.8, 4) is 0 Å². The summed E-state index contributed by atoms with van der Waals surface area (Å²) in [5.41, 5.74) is 0. The van der Waals surface area contributed by atoms with Gasteiger partial charge in [0.2, 0.25) is 6.54 Å². The first-order chi connectivity index (χ1) is 3.66. The van der Waals surface area contributed by atoms with Gasteiger partial charge >= 0.3 is 0 Å². The monoisotopic (exact) mass is 117 g/mol. The molecule has 8 heavy (non-hydrogen) atoms. The summed E-state index contributed by atoms with van der Waals surface area (Å²) in [6, 6.07) is 0. The molecule has 0 rings (SSSR count). The Bertz CT molecular complexity index is 101. The Balaban J connectivity index is 3.38. The van der Waals surface area contributed by atoms with Gasteiger partial charge in [0.05, 0.1) is 0 Å². The Morgan fingerprint density at radius 3 is 2.62 bits per heavy atom. The molecule has 1 N–H and O–H groups in total. The van der Waals surface area contributed by atoms with Gasteiger partial charge in [-0.2, -0.15) is 0 Å². The Hall–Kier alpha value is -0.900. The standard InChI is InChI=1S/C4H7NO3/c1-2-4(6)3-5(7)8/h2,4,6H,1,3H2. The molecule has 0 amide bonds. The van der Waals surface area contributed by atoms with Gasteiger partial charge in [-0.15, -0.1) is 6.58 Å². The molecule has 46 valence electrons. The van der Waals surface area contributed by atoms with E-state index in [1.807, 2.05) is 0 Å². The molecule has 0 saturated carbocycles.